The Balaban J connectivity index is 1.74. The SMILES string of the molecule is Cc1nnc(N2CCN(c3cnn(C)c3)C(=O)C2)s1. The average Bonchev–Trinajstić information content (AvgIpc) is 2.98. The molecule has 19 heavy (non-hydrogen) atoms. The van der Waals surface area contributed by atoms with Gasteiger partial charge in [0.05, 0.1) is 18.4 Å². The van der Waals surface area contributed by atoms with E-state index >= 15 is 0 Å². The molecule has 1 fully saturated rings. The first kappa shape index (κ1) is 12.1. The van der Waals surface area contributed by atoms with Crippen LogP contribution in [0.5, 0.6) is 0 Å². The van der Waals surface area contributed by atoms with Gasteiger partial charge in [0.25, 0.3) is 0 Å². The average molecular weight is 278 g/mol. The Bertz CT molecular complexity index is 606. The minimum Gasteiger partial charge on any atom is -0.336 e. The van der Waals surface area contributed by atoms with Crippen molar-refractivity contribution in [2.75, 3.05) is 29.4 Å². The van der Waals surface area contributed by atoms with Crippen molar-refractivity contribution in [1.82, 2.24) is 20.0 Å². The topological polar surface area (TPSA) is 67.2 Å². The summed E-state index contributed by atoms with van der Waals surface area (Å²) in [5.41, 5.74) is 0.848. The molecule has 1 aliphatic heterocycles. The number of aromatic nitrogens is 4. The van der Waals surface area contributed by atoms with Gasteiger partial charge in [-0.1, -0.05) is 11.3 Å². The molecule has 2 aromatic heterocycles. The molecule has 0 spiro atoms. The van der Waals surface area contributed by atoms with Gasteiger partial charge in [0, 0.05) is 26.3 Å². The molecule has 0 unspecified atom stereocenters. The normalized spacial score (nSPS) is 16.2. The number of hydrogen-bond donors (Lipinski definition) is 0. The summed E-state index contributed by atoms with van der Waals surface area (Å²) >= 11 is 1.51. The summed E-state index contributed by atoms with van der Waals surface area (Å²) in [6.45, 7) is 3.65. The highest BCUT2D eigenvalue weighted by Gasteiger charge is 2.27. The van der Waals surface area contributed by atoms with Crippen molar-refractivity contribution < 1.29 is 4.79 Å². The van der Waals surface area contributed by atoms with E-state index in [-0.39, 0.29) is 5.91 Å². The number of hydrogen-bond acceptors (Lipinski definition) is 6. The molecule has 0 radical (unpaired) electrons. The van der Waals surface area contributed by atoms with Gasteiger partial charge in [0.1, 0.15) is 5.01 Å². The van der Waals surface area contributed by atoms with Crippen LogP contribution in [0.4, 0.5) is 10.8 Å². The van der Waals surface area contributed by atoms with E-state index in [1.165, 1.54) is 11.3 Å². The van der Waals surface area contributed by atoms with Crippen molar-refractivity contribution in [1.29, 1.82) is 0 Å². The van der Waals surface area contributed by atoms with E-state index in [0.717, 1.165) is 22.4 Å². The van der Waals surface area contributed by atoms with Crippen molar-refractivity contribution in [3.05, 3.63) is 17.4 Å². The van der Waals surface area contributed by atoms with Crippen LogP contribution in [0.2, 0.25) is 0 Å². The molecule has 8 heteroatoms. The quantitative estimate of drug-likeness (QED) is 0.797. The van der Waals surface area contributed by atoms with Gasteiger partial charge in [-0.2, -0.15) is 5.10 Å². The zero-order valence-corrected chi connectivity index (χ0v) is 11.6. The molecule has 0 N–H and O–H groups in total. The second kappa shape index (κ2) is 4.61. The minimum absolute atomic E-state index is 0.0621. The molecule has 1 aliphatic rings. The summed E-state index contributed by atoms with van der Waals surface area (Å²) in [7, 11) is 1.84. The van der Waals surface area contributed by atoms with Crippen molar-refractivity contribution >= 4 is 28.1 Å². The van der Waals surface area contributed by atoms with E-state index < -0.39 is 0 Å². The van der Waals surface area contributed by atoms with Crippen LogP contribution in [0.15, 0.2) is 12.4 Å². The number of carbonyl (C=O) groups excluding carboxylic acids is 1. The summed E-state index contributed by atoms with van der Waals surface area (Å²) < 4.78 is 1.70. The predicted octanol–water partition coefficient (Wildman–Crippen LogP) is 0.433. The Kier molecular flexibility index (Phi) is 2.94. The van der Waals surface area contributed by atoms with Crippen molar-refractivity contribution in [2.24, 2.45) is 7.05 Å². The van der Waals surface area contributed by atoms with Gasteiger partial charge in [-0.25, -0.2) is 0 Å². The number of amides is 1. The zero-order chi connectivity index (χ0) is 13.4. The van der Waals surface area contributed by atoms with Crippen LogP contribution < -0.4 is 9.80 Å². The first-order valence-electron chi connectivity index (χ1n) is 5.97. The molecule has 0 saturated carbocycles. The molecule has 3 rings (SSSR count). The standard InChI is InChI=1S/C11H14N6OS/c1-8-13-14-11(19-8)16-3-4-17(10(18)7-16)9-5-12-15(2)6-9/h5-6H,3-4,7H2,1-2H3. The third kappa shape index (κ3) is 2.30. The van der Waals surface area contributed by atoms with Crippen molar-refractivity contribution in [2.45, 2.75) is 6.92 Å². The second-order valence-corrected chi connectivity index (χ2v) is 5.60. The molecule has 7 nitrogen and oxygen atoms in total. The summed E-state index contributed by atoms with van der Waals surface area (Å²) in [6.07, 6.45) is 3.56. The lowest BCUT2D eigenvalue weighted by molar-refractivity contribution is -0.117. The maximum Gasteiger partial charge on any atom is 0.246 e. The first-order valence-corrected chi connectivity index (χ1v) is 6.79. The van der Waals surface area contributed by atoms with Gasteiger partial charge in [-0.05, 0) is 6.92 Å². The largest absolute Gasteiger partial charge is 0.336 e. The molecule has 100 valence electrons. The molecule has 1 amide bonds. The molecule has 0 aromatic carbocycles. The Morgan fingerprint density at radius 2 is 2.16 bits per heavy atom. The lowest BCUT2D eigenvalue weighted by Crippen LogP contribution is -2.50. The van der Waals surface area contributed by atoms with Gasteiger partial charge < -0.3 is 9.80 Å². The van der Waals surface area contributed by atoms with Gasteiger partial charge >= 0.3 is 0 Å². The van der Waals surface area contributed by atoms with Gasteiger partial charge in [-0.15, -0.1) is 10.2 Å². The Hall–Kier alpha value is -1.96. The Morgan fingerprint density at radius 1 is 1.32 bits per heavy atom. The molecule has 1 saturated heterocycles. The highest BCUT2D eigenvalue weighted by Crippen LogP contribution is 2.23. The number of piperazine rings is 1. The Labute approximate surface area is 114 Å². The van der Waals surface area contributed by atoms with Crippen molar-refractivity contribution in [3.63, 3.8) is 0 Å². The summed E-state index contributed by atoms with van der Waals surface area (Å²) in [5, 5.41) is 13.9. The fraction of sp³-hybridized carbons (Fsp3) is 0.455. The predicted molar refractivity (Wildman–Crippen MR) is 72.4 cm³/mol. The summed E-state index contributed by atoms with van der Waals surface area (Å²) in [6, 6.07) is 0. The lowest BCUT2D eigenvalue weighted by atomic mass is 10.3. The number of anilines is 2. The van der Waals surface area contributed by atoms with E-state index in [2.05, 4.69) is 15.3 Å². The maximum absolute atomic E-state index is 12.2. The van der Waals surface area contributed by atoms with Crippen LogP contribution in [0.3, 0.4) is 0 Å². The van der Waals surface area contributed by atoms with Crippen LogP contribution in [0.1, 0.15) is 5.01 Å². The molecule has 3 heterocycles. The summed E-state index contributed by atoms with van der Waals surface area (Å²) in [5.74, 6) is 0.0621. The number of rotatable bonds is 2. The number of carbonyl (C=O) groups is 1. The van der Waals surface area contributed by atoms with E-state index in [0.29, 0.717) is 13.1 Å². The van der Waals surface area contributed by atoms with E-state index in [9.17, 15) is 4.79 Å². The third-order valence-corrected chi connectivity index (χ3v) is 3.91. The molecule has 0 atom stereocenters. The highest BCUT2D eigenvalue weighted by atomic mass is 32.1. The van der Waals surface area contributed by atoms with Crippen LogP contribution in [0, 0.1) is 6.92 Å². The zero-order valence-electron chi connectivity index (χ0n) is 10.8. The van der Waals surface area contributed by atoms with Crippen LogP contribution in [0.25, 0.3) is 0 Å². The summed E-state index contributed by atoms with van der Waals surface area (Å²) in [4.78, 5) is 15.9. The van der Waals surface area contributed by atoms with Gasteiger partial charge in [0.2, 0.25) is 11.0 Å². The monoisotopic (exact) mass is 278 g/mol. The van der Waals surface area contributed by atoms with Gasteiger partial charge in [-0.3, -0.25) is 9.48 Å². The molecule has 2 aromatic rings. The lowest BCUT2D eigenvalue weighted by Gasteiger charge is -2.33. The second-order valence-electron chi connectivity index (χ2n) is 4.44. The fourth-order valence-electron chi connectivity index (χ4n) is 2.07. The van der Waals surface area contributed by atoms with Crippen LogP contribution in [-0.2, 0) is 11.8 Å². The third-order valence-electron chi connectivity index (χ3n) is 3.01. The van der Waals surface area contributed by atoms with E-state index in [4.69, 9.17) is 0 Å². The van der Waals surface area contributed by atoms with Crippen LogP contribution in [-0.4, -0.2) is 45.5 Å². The Morgan fingerprint density at radius 3 is 2.74 bits per heavy atom. The van der Waals surface area contributed by atoms with Gasteiger partial charge in [0.15, 0.2) is 0 Å². The van der Waals surface area contributed by atoms with Crippen molar-refractivity contribution in [3.8, 4) is 0 Å². The minimum atomic E-state index is 0.0621. The molecule has 0 aliphatic carbocycles. The number of nitrogens with zero attached hydrogens (tertiary/aromatic N) is 6. The fourth-order valence-corrected chi connectivity index (χ4v) is 2.78. The number of aryl methyl sites for hydroxylation is 2. The molecular formula is C11H14N6OS. The molecule has 0 bridgehead atoms. The van der Waals surface area contributed by atoms with Crippen LogP contribution >= 0.6 is 11.3 Å². The highest BCUT2D eigenvalue weighted by molar-refractivity contribution is 7.15. The first-order chi connectivity index (χ1) is 9.13. The molecular weight excluding hydrogens is 264 g/mol. The smallest absolute Gasteiger partial charge is 0.246 e. The maximum atomic E-state index is 12.2. The van der Waals surface area contributed by atoms with E-state index in [1.807, 2.05) is 25.1 Å². The van der Waals surface area contributed by atoms with E-state index in [1.54, 1.807) is 15.8 Å².